The highest BCUT2D eigenvalue weighted by Gasteiger charge is 2.21. The van der Waals surface area contributed by atoms with E-state index in [-0.39, 0.29) is 24.4 Å². The van der Waals surface area contributed by atoms with E-state index in [0.717, 1.165) is 42.7 Å². The highest BCUT2D eigenvalue weighted by Crippen LogP contribution is 2.32. The number of hydrogen-bond acceptors (Lipinski definition) is 4. The molecule has 6 heteroatoms. The molecule has 2 aliphatic rings. The second kappa shape index (κ2) is 8.23. The maximum Gasteiger partial charge on any atom is 0.240 e. The van der Waals surface area contributed by atoms with Crippen molar-refractivity contribution in [2.24, 2.45) is 0 Å². The summed E-state index contributed by atoms with van der Waals surface area (Å²) in [6, 6.07) is 5.58. The van der Waals surface area contributed by atoms with Gasteiger partial charge in [0.05, 0.1) is 25.8 Å². The Labute approximate surface area is 148 Å². The topological polar surface area (TPSA) is 67.9 Å². The van der Waals surface area contributed by atoms with Crippen molar-refractivity contribution < 1.29 is 19.1 Å². The molecule has 3 rings (SSSR count). The zero-order valence-corrected chi connectivity index (χ0v) is 14.8. The Bertz CT molecular complexity index is 632. The van der Waals surface area contributed by atoms with Gasteiger partial charge in [0, 0.05) is 19.4 Å². The fraction of sp³-hybridized carbons (Fsp3) is 0.579. The average molecular weight is 346 g/mol. The molecule has 136 valence electrons. The number of fused-ring (bicyclic) bond motifs is 1. The molecule has 2 amide bonds. The second-order valence-electron chi connectivity index (χ2n) is 6.67. The van der Waals surface area contributed by atoms with Gasteiger partial charge in [0.2, 0.25) is 11.8 Å². The molecule has 1 atom stereocenters. The van der Waals surface area contributed by atoms with Crippen molar-refractivity contribution in [2.45, 2.75) is 45.1 Å². The molecule has 0 aromatic heterocycles. The Hall–Kier alpha value is -2.24. The van der Waals surface area contributed by atoms with E-state index in [1.807, 2.05) is 25.1 Å². The van der Waals surface area contributed by atoms with Gasteiger partial charge in [0.15, 0.2) is 11.5 Å². The van der Waals surface area contributed by atoms with Crippen LogP contribution in [0.25, 0.3) is 0 Å². The van der Waals surface area contributed by atoms with Gasteiger partial charge < -0.3 is 19.7 Å². The summed E-state index contributed by atoms with van der Waals surface area (Å²) in [4.78, 5) is 26.0. The van der Waals surface area contributed by atoms with Gasteiger partial charge in [-0.2, -0.15) is 0 Å². The molecule has 1 aromatic rings. The van der Waals surface area contributed by atoms with E-state index in [0.29, 0.717) is 26.2 Å². The number of benzene rings is 1. The molecule has 25 heavy (non-hydrogen) atoms. The summed E-state index contributed by atoms with van der Waals surface area (Å²) in [5.41, 5.74) is 0.958. The van der Waals surface area contributed by atoms with Crippen LogP contribution in [0, 0.1) is 0 Å². The normalized spacial score (nSPS) is 18.9. The molecule has 1 saturated heterocycles. The summed E-state index contributed by atoms with van der Waals surface area (Å²) in [6.07, 6.45) is 4.35. The van der Waals surface area contributed by atoms with Gasteiger partial charge in [-0.05, 0) is 37.5 Å². The quantitative estimate of drug-likeness (QED) is 0.909. The first-order valence-electron chi connectivity index (χ1n) is 9.10. The van der Waals surface area contributed by atoms with Gasteiger partial charge in [-0.1, -0.05) is 12.5 Å². The number of ether oxygens (including phenoxy) is 2. The molecular formula is C19H26N2O4. The van der Waals surface area contributed by atoms with Crippen LogP contribution < -0.4 is 14.8 Å². The number of hydrogen-bond donors (Lipinski definition) is 1. The fourth-order valence-corrected chi connectivity index (χ4v) is 3.20. The number of nitrogens with zero attached hydrogens (tertiary/aromatic N) is 1. The van der Waals surface area contributed by atoms with E-state index in [2.05, 4.69) is 5.32 Å². The van der Waals surface area contributed by atoms with Gasteiger partial charge in [-0.3, -0.25) is 9.59 Å². The van der Waals surface area contributed by atoms with Gasteiger partial charge in [-0.15, -0.1) is 0 Å². The molecule has 0 unspecified atom stereocenters. The zero-order chi connectivity index (χ0) is 17.6. The van der Waals surface area contributed by atoms with E-state index in [9.17, 15) is 9.59 Å². The van der Waals surface area contributed by atoms with Crippen LogP contribution in [0.4, 0.5) is 0 Å². The van der Waals surface area contributed by atoms with Crippen molar-refractivity contribution >= 4 is 11.8 Å². The van der Waals surface area contributed by atoms with Gasteiger partial charge in [-0.25, -0.2) is 0 Å². The first-order chi connectivity index (χ1) is 12.1. The van der Waals surface area contributed by atoms with Crippen molar-refractivity contribution in [2.75, 3.05) is 26.3 Å². The highest BCUT2D eigenvalue weighted by atomic mass is 16.5. The van der Waals surface area contributed by atoms with Crippen LogP contribution in [0.2, 0.25) is 0 Å². The van der Waals surface area contributed by atoms with Crippen LogP contribution in [-0.4, -0.2) is 43.0 Å². The van der Waals surface area contributed by atoms with E-state index in [4.69, 9.17) is 9.47 Å². The molecule has 0 spiro atoms. The van der Waals surface area contributed by atoms with Crippen molar-refractivity contribution in [1.29, 1.82) is 0 Å². The van der Waals surface area contributed by atoms with Crippen LogP contribution in [0.1, 0.15) is 50.6 Å². The third-order valence-electron chi connectivity index (χ3n) is 4.65. The molecule has 0 saturated carbocycles. The Morgan fingerprint density at radius 3 is 2.80 bits per heavy atom. The van der Waals surface area contributed by atoms with Crippen molar-refractivity contribution in [1.82, 2.24) is 10.2 Å². The number of amides is 2. The summed E-state index contributed by atoms with van der Waals surface area (Å²) in [5, 5.41) is 2.98. The first kappa shape index (κ1) is 17.6. The number of likely N-dealkylation sites (tertiary alicyclic amines) is 1. The Balaban J connectivity index is 1.59. The smallest absolute Gasteiger partial charge is 0.240 e. The number of rotatable bonds is 4. The molecule has 1 aromatic carbocycles. The number of carbonyl (C=O) groups excluding carboxylic acids is 2. The van der Waals surface area contributed by atoms with Crippen molar-refractivity contribution in [3.63, 3.8) is 0 Å². The minimum atomic E-state index is -0.160. The molecule has 0 bridgehead atoms. The standard InChI is InChI=1S/C19H26N2O4/c1-14(15-7-8-16-17(12-15)25-11-5-10-24-16)20-18(22)13-21-9-4-2-3-6-19(21)23/h7-8,12,14H,2-6,9-11,13H2,1H3,(H,20,22)/t14-/m1/s1. The highest BCUT2D eigenvalue weighted by molar-refractivity contribution is 5.85. The van der Waals surface area contributed by atoms with Gasteiger partial charge in [0.25, 0.3) is 0 Å². The van der Waals surface area contributed by atoms with Crippen LogP contribution in [0.3, 0.4) is 0 Å². The first-order valence-corrected chi connectivity index (χ1v) is 9.10. The maximum absolute atomic E-state index is 12.3. The molecular weight excluding hydrogens is 320 g/mol. The fourth-order valence-electron chi connectivity index (χ4n) is 3.20. The predicted octanol–water partition coefficient (Wildman–Crippen LogP) is 2.43. The Morgan fingerprint density at radius 2 is 1.96 bits per heavy atom. The molecule has 6 nitrogen and oxygen atoms in total. The Kier molecular flexibility index (Phi) is 5.79. The van der Waals surface area contributed by atoms with Gasteiger partial charge in [0.1, 0.15) is 0 Å². The van der Waals surface area contributed by atoms with Crippen molar-refractivity contribution in [3.8, 4) is 11.5 Å². The number of nitrogens with one attached hydrogen (secondary N) is 1. The lowest BCUT2D eigenvalue weighted by atomic mass is 10.1. The van der Waals surface area contributed by atoms with E-state index < -0.39 is 0 Å². The van der Waals surface area contributed by atoms with E-state index in [1.54, 1.807) is 4.90 Å². The van der Waals surface area contributed by atoms with Crippen LogP contribution in [-0.2, 0) is 9.59 Å². The monoisotopic (exact) mass is 346 g/mol. The maximum atomic E-state index is 12.3. The Morgan fingerprint density at radius 1 is 1.16 bits per heavy atom. The SMILES string of the molecule is C[C@@H](NC(=O)CN1CCCCCC1=O)c1ccc2c(c1)OCCCO2. The summed E-state index contributed by atoms with van der Waals surface area (Å²) >= 11 is 0. The van der Waals surface area contributed by atoms with E-state index in [1.165, 1.54) is 0 Å². The lowest BCUT2D eigenvalue weighted by Crippen LogP contribution is -2.41. The lowest BCUT2D eigenvalue weighted by molar-refractivity contribution is -0.135. The van der Waals surface area contributed by atoms with Crippen LogP contribution in [0.5, 0.6) is 11.5 Å². The third kappa shape index (κ3) is 4.65. The molecule has 1 fully saturated rings. The largest absolute Gasteiger partial charge is 0.490 e. The van der Waals surface area contributed by atoms with Crippen LogP contribution in [0.15, 0.2) is 18.2 Å². The molecule has 2 heterocycles. The second-order valence-corrected chi connectivity index (χ2v) is 6.67. The van der Waals surface area contributed by atoms with Crippen molar-refractivity contribution in [3.05, 3.63) is 23.8 Å². The zero-order valence-electron chi connectivity index (χ0n) is 14.8. The minimum absolute atomic E-state index is 0.0795. The molecule has 0 aliphatic carbocycles. The summed E-state index contributed by atoms with van der Waals surface area (Å²) < 4.78 is 11.3. The molecule has 2 aliphatic heterocycles. The summed E-state index contributed by atoms with van der Waals surface area (Å²) in [7, 11) is 0. The van der Waals surface area contributed by atoms with Crippen LogP contribution >= 0.6 is 0 Å². The van der Waals surface area contributed by atoms with E-state index >= 15 is 0 Å². The lowest BCUT2D eigenvalue weighted by Gasteiger charge is -2.22. The average Bonchev–Trinajstić information content (AvgIpc) is 2.95. The predicted molar refractivity (Wildman–Crippen MR) is 93.7 cm³/mol. The summed E-state index contributed by atoms with van der Waals surface area (Å²) in [5.74, 6) is 1.42. The minimum Gasteiger partial charge on any atom is -0.490 e. The summed E-state index contributed by atoms with van der Waals surface area (Å²) in [6.45, 7) is 4.02. The molecule has 0 radical (unpaired) electrons. The third-order valence-corrected chi connectivity index (χ3v) is 4.65. The van der Waals surface area contributed by atoms with Gasteiger partial charge >= 0.3 is 0 Å². The molecule has 1 N–H and O–H groups in total. The number of carbonyl (C=O) groups is 2.